The van der Waals surface area contributed by atoms with E-state index in [0.717, 1.165) is 11.8 Å². The third-order valence-electron chi connectivity index (χ3n) is 3.87. The van der Waals surface area contributed by atoms with Crippen molar-refractivity contribution in [3.8, 4) is 5.75 Å². The van der Waals surface area contributed by atoms with Gasteiger partial charge in [0.25, 0.3) is 5.91 Å². The highest BCUT2D eigenvalue weighted by Gasteiger charge is 2.13. The summed E-state index contributed by atoms with van der Waals surface area (Å²) in [6.07, 6.45) is 1.14. The highest BCUT2D eigenvalue weighted by atomic mass is 32.2. The van der Waals surface area contributed by atoms with Gasteiger partial charge in [0, 0.05) is 18.4 Å². The molecule has 7 nitrogen and oxygen atoms in total. The number of aliphatic carboxylic acids is 1. The fourth-order valence-electron chi connectivity index (χ4n) is 2.58. The van der Waals surface area contributed by atoms with E-state index in [1.54, 1.807) is 38.1 Å². The number of carboxylic acid groups (broad SMARTS) is 1. The van der Waals surface area contributed by atoms with Crippen LogP contribution < -0.4 is 10.1 Å². The Morgan fingerprint density at radius 1 is 1.07 bits per heavy atom. The van der Waals surface area contributed by atoms with Crippen LogP contribution in [-0.2, 0) is 21.2 Å². The summed E-state index contributed by atoms with van der Waals surface area (Å²) in [5.41, 5.74) is 2.53. The molecule has 0 aliphatic rings. The van der Waals surface area contributed by atoms with E-state index >= 15 is 0 Å². The average Bonchev–Trinajstić information content (AvgIpc) is 2.58. The van der Waals surface area contributed by atoms with Crippen LogP contribution in [0, 0.1) is 13.8 Å². The molecule has 144 valence electrons. The van der Waals surface area contributed by atoms with Gasteiger partial charge in [0.15, 0.2) is 16.4 Å². The van der Waals surface area contributed by atoms with E-state index in [-0.39, 0.29) is 17.3 Å². The maximum Gasteiger partial charge on any atom is 0.341 e. The molecule has 0 fully saturated rings. The van der Waals surface area contributed by atoms with Crippen LogP contribution in [0.5, 0.6) is 5.75 Å². The number of nitrogens with one attached hydrogen (secondary N) is 1. The first-order chi connectivity index (χ1) is 12.6. The fraction of sp³-hybridized carbons (Fsp3) is 0.263. The molecule has 2 aromatic rings. The maximum atomic E-state index is 12.4. The normalized spacial score (nSPS) is 11.1. The Balaban J connectivity index is 2.06. The number of benzene rings is 2. The topological polar surface area (TPSA) is 110 Å². The van der Waals surface area contributed by atoms with Crippen LogP contribution in [0.2, 0.25) is 0 Å². The lowest BCUT2D eigenvalue weighted by Crippen LogP contribution is -2.23. The Bertz CT molecular complexity index is 941. The summed E-state index contributed by atoms with van der Waals surface area (Å²) in [6, 6.07) is 9.56. The second-order valence-electron chi connectivity index (χ2n) is 6.22. The summed E-state index contributed by atoms with van der Waals surface area (Å²) >= 11 is 0. The first kappa shape index (κ1) is 20.4. The number of aryl methyl sites for hydroxylation is 2. The summed E-state index contributed by atoms with van der Waals surface area (Å²) in [6.45, 7) is 3.28. The van der Waals surface area contributed by atoms with Crippen LogP contribution in [0.1, 0.15) is 27.0 Å². The molecule has 0 unspecified atom stereocenters. The molecule has 0 heterocycles. The zero-order valence-electron chi connectivity index (χ0n) is 15.3. The molecule has 0 atom stereocenters. The second-order valence-corrected chi connectivity index (χ2v) is 8.24. The predicted molar refractivity (Wildman–Crippen MR) is 99.8 cm³/mol. The van der Waals surface area contributed by atoms with E-state index in [4.69, 9.17) is 9.84 Å². The second kappa shape index (κ2) is 8.22. The van der Waals surface area contributed by atoms with Crippen LogP contribution in [0.3, 0.4) is 0 Å². The lowest BCUT2D eigenvalue weighted by Gasteiger charge is -2.13. The van der Waals surface area contributed by atoms with Gasteiger partial charge in [0.05, 0.1) is 4.90 Å². The highest BCUT2D eigenvalue weighted by molar-refractivity contribution is 7.90. The standard InChI is InChI=1S/C19H21NO6S/c1-12-8-15(9-13(2)18(12)26-11-17(21)22)19(23)20-10-14-4-6-16(7-5-14)27(3,24)25/h4-9H,10-11H2,1-3H3,(H,20,23)(H,21,22). The van der Waals surface area contributed by atoms with Crippen molar-refractivity contribution >= 4 is 21.7 Å². The van der Waals surface area contributed by atoms with Crippen molar-refractivity contribution in [1.82, 2.24) is 5.32 Å². The van der Waals surface area contributed by atoms with Crippen molar-refractivity contribution in [3.63, 3.8) is 0 Å². The Labute approximate surface area is 157 Å². The number of amides is 1. The molecule has 0 aromatic heterocycles. The Morgan fingerprint density at radius 3 is 2.11 bits per heavy atom. The monoisotopic (exact) mass is 391 g/mol. The smallest absolute Gasteiger partial charge is 0.341 e. The van der Waals surface area contributed by atoms with Crippen molar-refractivity contribution in [2.45, 2.75) is 25.3 Å². The highest BCUT2D eigenvalue weighted by Crippen LogP contribution is 2.25. The van der Waals surface area contributed by atoms with Gasteiger partial charge >= 0.3 is 5.97 Å². The largest absolute Gasteiger partial charge is 0.481 e. The van der Waals surface area contributed by atoms with E-state index in [1.165, 1.54) is 12.1 Å². The third-order valence-corrected chi connectivity index (χ3v) is 5.00. The minimum Gasteiger partial charge on any atom is -0.481 e. The summed E-state index contributed by atoms with van der Waals surface area (Å²) in [4.78, 5) is 23.3. The number of hydrogen-bond donors (Lipinski definition) is 2. The zero-order valence-corrected chi connectivity index (χ0v) is 16.1. The lowest BCUT2D eigenvalue weighted by atomic mass is 10.0. The minimum atomic E-state index is -3.25. The molecule has 0 spiro atoms. The maximum absolute atomic E-state index is 12.4. The van der Waals surface area contributed by atoms with Gasteiger partial charge in [-0.1, -0.05) is 12.1 Å². The Hall–Kier alpha value is -2.87. The van der Waals surface area contributed by atoms with Gasteiger partial charge in [-0.2, -0.15) is 0 Å². The molecule has 2 aromatic carbocycles. The van der Waals surface area contributed by atoms with Crippen LogP contribution >= 0.6 is 0 Å². The van der Waals surface area contributed by atoms with Crippen molar-refractivity contribution in [3.05, 3.63) is 58.7 Å². The number of hydrogen-bond acceptors (Lipinski definition) is 5. The van der Waals surface area contributed by atoms with Crippen molar-refractivity contribution < 1.29 is 27.9 Å². The van der Waals surface area contributed by atoms with E-state index in [1.807, 2.05) is 0 Å². The molecule has 0 radical (unpaired) electrons. The predicted octanol–water partition coefficient (Wildman–Crippen LogP) is 2.10. The number of carboxylic acids is 1. The molecule has 27 heavy (non-hydrogen) atoms. The van der Waals surface area contributed by atoms with Gasteiger partial charge in [-0.05, 0) is 54.8 Å². The first-order valence-electron chi connectivity index (χ1n) is 8.11. The van der Waals surface area contributed by atoms with Gasteiger partial charge < -0.3 is 15.2 Å². The SMILES string of the molecule is Cc1cc(C(=O)NCc2ccc(S(C)(=O)=O)cc2)cc(C)c1OCC(=O)O. The van der Waals surface area contributed by atoms with Crippen molar-refractivity contribution in [2.75, 3.05) is 12.9 Å². The van der Waals surface area contributed by atoms with Crippen LogP contribution in [0.15, 0.2) is 41.3 Å². The van der Waals surface area contributed by atoms with E-state index in [0.29, 0.717) is 22.4 Å². The van der Waals surface area contributed by atoms with Crippen LogP contribution in [-0.4, -0.2) is 38.3 Å². The Morgan fingerprint density at radius 2 is 1.63 bits per heavy atom. The van der Waals surface area contributed by atoms with Crippen molar-refractivity contribution in [1.29, 1.82) is 0 Å². The number of carbonyl (C=O) groups is 2. The molecular formula is C19H21NO6S. The van der Waals surface area contributed by atoms with E-state index in [9.17, 15) is 18.0 Å². The zero-order chi connectivity index (χ0) is 20.2. The van der Waals surface area contributed by atoms with Crippen LogP contribution in [0.25, 0.3) is 0 Å². The van der Waals surface area contributed by atoms with Gasteiger partial charge in [-0.3, -0.25) is 4.79 Å². The quantitative estimate of drug-likeness (QED) is 0.748. The molecule has 0 bridgehead atoms. The average molecular weight is 391 g/mol. The molecule has 0 aliphatic heterocycles. The van der Waals surface area contributed by atoms with Gasteiger partial charge in [0.1, 0.15) is 5.75 Å². The Kier molecular flexibility index (Phi) is 6.22. The minimum absolute atomic E-state index is 0.223. The molecule has 0 aliphatic carbocycles. The molecule has 0 saturated carbocycles. The summed E-state index contributed by atoms with van der Waals surface area (Å²) in [5.74, 6) is -0.916. The number of carbonyl (C=O) groups excluding carboxylic acids is 1. The first-order valence-corrected chi connectivity index (χ1v) is 10.00. The van der Waals surface area contributed by atoms with Gasteiger partial charge in [-0.15, -0.1) is 0 Å². The number of sulfone groups is 1. The van der Waals surface area contributed by atoms with E-state index in [2.05, 4.69) is 5.32 Å². The summed E-state index contributed by atoms with van der Waals surface area (Å²) in [7, 11) is -3.25. The fourth-order valence-corrected chi connectivity index (χ4v) is 3.21. The number of ether oxygens (including phenoxy) is 1. The molecule has 1 amide bonds. The van der Waals surface area contributed by atoms with Gasteiger partial charge in [0.2, 0.25) is 0 Å². The molecule has 2 N–H and O–H groups in total. The third kappa shape index (κ3) is 5.55. The van der Waals surface area contributed by atoms with E-state index < -0.39 is 22.4 Å². The van der Waals surface area contributed by atoms with Crippen LogP contribution in [0.4, 0.5) is 0 Å². The lowest BCUT2D eigenvalue weighted by molar-refractivity contribution is -0.139. The summed E-state index contributed by atoms with van der Waals surface area (Å²) < 4.78 is 28.2. The molecular weight excluding hydrogens is 370 g/mol. The van der Waals surface area contributed by atoms with Crippen molar-refractivity contribution in [2.24, 2.45) is 0 Å². The van der Waals surface area contributed by atoms with Gasteiger partial charge in [-0.25, -0.2) is 13.2 Å². The molecule has 0 saturated heterocycles. The summed E-state index contributed by atoms with van der Waals surface area (Å²) in [5, 5.41) is 11.5. The molecule has 2 rings (SSSR count). The number of rotatable bonds is 7. The molecule has 8 heteroatoms.